The van der Waals surface area contributed by atoms with Crippen LogP contribution in [0.3, 0.4) is 0 Å². The molecule has 2 aromatic rings. The van der Waals surface area contributed by atoms with Crippen LogP contribution in [0.2, 0.25) is 0 Å². The average Bonchev–Trinajstić information content (AvgIpc) is 3.18. The molecule has 1 aliphatic rings. The second-order valence-electron chi connectivity index (χ2n) is 6.73. The Labute approximate surface area is 193 Å². The summed E-state index contributed by atoms with van der Waals surface area (Å²) >= 11 is 3.50. The van der Waals surface area contributed by atoms with E-state index < -0.39 is 0 Å². The van der Waals surface area contributed by atoms with E-state index in [1.807, 2.05) is 19.2 Å². The molecule has 0 aromatic heterocycles. The third kappa shape index (κ3) is 6.55. The van der Waals surface area contributed by atoms with Crippen molar-refractivity contribution in [1.29, 1.82) is 0 Å². The number of nitrogens with zero attached hydrogens (tertiary/aromatic N) is 2. The highest BCUT2D eigenvalue weighted by Gasteiger charge is 2.22. The molecule has 0 radical (unpaired) electrons. The van der Waals surface area contributed by atoms with Crippen LogP contribution >= 0.6 is 39.9 Å². The Balaban J connectivity index is 0.00000280. The lowest BCUT2D eigenvalue weighted by atomic mass is 10.1. The summed E-state index contributed by atoms with van der Waals surface area (Å²) in [5.41, 5.74) is 2.49. The number of halogens is 2. The van der Waals surface area contributed by atoms with Crippen LogP contribution in [-0.4, -0.2) is 39.8 Å². The van der Waals surface area contributed by atoms with E-state index in [4.69, 9.17) is 4.74 Å². The maximum Gasteiger partial charge on any atom is 0.191 e. The maximum atomic E-state index is 5.20. The fraction of sp³-hybridized carbons (Fsp3) is 0.381. The van der Waals surface area contributed by atoms with Crippen LogP contribution in [0.5, 0.6) is 5.75 Å². The van der Waals surface area contributed by atoms with E-state index in [2.05, 4.69) is 72.9 Å². The Bertz CT molecular complexity index is 752. The Kier molecular flexibility index (Phi) is 9.37. The number of hydrogen-bond donors (Lipinski definition) is 2. The van der Waals surface area contributed by atoms with Gasteiger partial charge in [-0.15, -0.1) is 24.0 Å². The molecule has 0 aliphatic carbocycles. The van der Waals surface area contributed by atoms with Crippen LogP contribution in [0.4, 0.5) is 5.69 Å². The highest BCUT2D eigenvalue weighted by Crippen LogP contribution is 2.24. The molecule has 7 heteroatoms. The normalized spacial score (nSPS) is 16.5. The topological polar surface area (TPSA) is 48.9 Å². The van der Waals surface area contributed by atoms with Gasteiger partial charge in [0.25, 0.3) is 0 Å². The fourth-order valence-electron chi connectivity index (χ4n) is 3.28. The summed E-state index contributed by atoms with van der Waals surface area (Å²) in [6, 6.07) is 16.6. The Morgan fingerprint density at radius 1 is 1.14 bits per heavy atom. The summed E-state index contributed by atoms with van der Waals surface area (Å²) in [5, 5.41) is 6.84. The molecule has 0 bridgehead atoms. The molecule has 2 N–H and O–H groups in total. The maximum absolute atomic E-state index is 5.20. The van der Waals surface area contributed by atoms with Gasteiger partial charge in [-0.2, -0.15) is 0 Å². The van der Waals surface area contributed by atoms with E-state index in [0.717, 1.165) is 42.4 Å². The Morgan fingerprint density at radius 3 is 2.50 bits per heavy atom. The molecule has 0 spiro atoms. The van der Waals surface area contributed by atoms with Crippen LogP contribution in [0.25, 0.3) is 0 Å². The summed E-state index contributed by atoms with van der Waals surface area (Å²) in [4.78, 5) is 6.79. The van der Waals surface area contributed by atoms with Crippen molar-refractivity contribution in [2.75, 3.05) is 38.7 Å². The van der Waals surface area contributed by atoms with Gasteiger partial charge in [-0.05, 0) is 54.3 Å². The van der Waals surface area contributed by atoms with E-state index in [1.54, 1.807) is 7.11 Å². The van der Waals surface area contributed by atoms with Crippen LogP contribution in [0.1, 0.15) is 12.0 Å². The van der Waals surface area contributed by atoms with Gasteiger partial charge in [0, 0.05) is 43.4 Å². The minimum absolute atomic E-state index is 0. The molecule has 1 saturated heterocycles. The van der Waals surface area contributed by atoms with Gasteiger partial charge in [-0.25, -0.2) is 0 Å². The van der Waals surface area contributed by atoms with Gasteiger partial charge < -0.3 is 20.3 Å². The molecule has 0 saturated carbocycles. The number of benzene rings is 2. The highest BCUT2D eigenvalue weighted by molar-refractivity contribution is 14.0. The van der Waals surface area contributed by atoms with Crippen LogP contribution < -0.4 is 20.3 Å². The van der Waals surface area contributed by atoms with E-state index in [1.165, 1.54) is 17.7 Å². The predicted molar refractivity (Wildman–Crippen MR) is 131 cm³/mol. The smallest absolute Gasteiger partial charge is 0.191 e. The average molecular weight is 559 g/mol. The number of aliphatic imine (C=N–C) groups is 1. The van der Waals surface area contributed by atoms with Crippen molar-refractivity contribution in [2.24, 2.45) is 10.9 Å². The third-order valence-corrected chi connectivity index (χ3v) is 5.41. The van der Waals surface area contributed by atoms with Gasteiger partial charge in [-0.3, -0.25) is 4.99 Å². The standard InChI is InChI=1S/C21H27BrN4O.HI/c1-23-21(24-13-16-3-9-20(27-2)10-4-16)25-14-17-11-12-26(15-17)19-7-5-18(22)6-8-19;/h3-10,17H,11-15H2,1-2H3,(H2,23,24,25);1H. The molecule has 2 aromatic carbocycles. The zero-order chi connectivity index (χ0) is 19.1. The van der Waals surface area contributed by atoms with Gasteiger partial charge in [0.15, 0.2) is 5.96 Å². The van der Waals surface area contributed by atoms with E-state index in [9.17, 15) is 0 Å². The zero-order valence-electron chi connectivity index (χ0n) is 16.3. The second-order valence-corrected chi connectivity index (χ2v) is 7.65. The first-order chi connectivity index (χ1) is 13.2. The molecule has 1 heterocycles. The number of hydrogen-bond acceptors (Lipinski definition) is 3. The molecule has 1 aliphatic heterocycles. The van der Waals surface area contributed by atoms with Crippen LogP contribution in [0.15, 0.2) is 58.0 Å². The summed E-state index contributed by atoms with van der Waals surface area (Å²) in [6.45, 7) is 3.84. The SMILES string of the molecule is CN=C(NCc1ccc(OC)cc1)NCC1CCN(c2ccc(Br)cc2)C1.I. The third-order valence-electron chi connectivity index (χ3n) is 4.88. The first-order valence-corrected chi connectivity index (χ1v) is 10.0. The summed E-state index contributed by atoms with van der Waals surface area (Å²) in [5.74, 6) is 2.33. The van der Waals surface area contributed by atoms with Crippen molar-refractivity contribution in [2.45, 2.75) is 13.0 Å². The van der Waals surface area contributed by atoms with E-state index in [0.29, 0.717) is 5.92 Å². The van der Waals surface area contributed by atoms with Gasteiger partial charge in [-0.1, -0.05) is 28.1 Å². The molecule has 28 heavy (non-hydrogen) atoms. The van der Waals surface area contributed by atoms with Crippen LogP contribution in [0, 0.1) is 5.92 Å². The van der Waals surface area contributed by atoms with Gasteiger partial charge in [0.1, 0.15) is 5.75 Å². The molecule has 3 rings (SSSR count). The monoisotopic (exact) mass is 558 g/mol. The van der Waals surface area contributed by atoms with Crippen molar-refractivity contribution in [1.82, 2.24) is 10.6 Å². The number of nitrogens with one attached hydrogen (secondary N) is 2. The molecule has 1 atom stereocenters. The first-order valence-electron chi connectivity index (χ1n) is 9.26. The van der Waals surface area contributed by atoms with E-state index in [-0.39, 0.29) is 24.0 Å². The minimum Gasteiger partial charge on any atom is -0.497 e. The van der Waals surface area contributed by atoms with Gasteiger partial charge in [0.05, 0.1) is 7.11 Å². The zero-order valence-corrected chi connectivity index (χ0v) is 20.2. The predicted octanol–water partition coefficient (Wildman–Crippen LogP) is 4.27. The van der Waals surface area contributed by atoms with Crippen molar-refractivity contribution in [3.05, 3.63) is 58.6 Å². The molecular weight excluding hydrogens is 531 g/mol. The molecular formula is C21H28BrIN4O. The van der Waals surface area contributed by atoms with Crippen LogP contribution in [-0.2, 0) is 6.54 Å². The summed E-state index contributed by atoms with van der Waals surface area (Å²) in [6.07, 6.45) is 1.19. The van der Waals surface area contributed by atoms with Crippen molar-refractivity contribution in [3.8, 4) is 5.75 Å². The Hall–Kier alpha value is -1.48. The lowest BCUT2D eigenvalue weighted by Gasteiger charge is -2.19. The lowest BCUT2D eigenvalue weighted by Crippen LogP contribution is -2.39. The first kappa shape index (κ1) is 22.8. The van der Waals surface area contributed by atoms with Crippen molar-refractivity contribution < 1.29 is 4.74 Å². The minimum atomic E-state index is 0. The molecule has 0 amide bonds. The highest BCUT2D eigenvalue weighted by atomic mass is 127. The molecule has 1 fully saturated rings. The number of anilines is 1. The number of ether oxygens (including phenoxy) is 1. The van der Waals surface area contributed by atoms with Gasteiger partial charge >= 0.3 is 0 Å². The number of guanidine groups is 1. The van der Waals surface area contributed by atoms with Crippen molar-refractivity contribution in [3.63, 3.8) is 0 Å². The molecule has 1 unspecified atom stereocenters. The molecule has 5 nitrogen and oxygen atoms in total. The quantitative estimate of drug-likeness (QED) is 0.316. The van der Waals surface area contributed by atoms with Crippen molar-refractivity contribution >= 4 is 51.6 Å². The summed E-state index contributed by atoms with van der Waals surface area (Å²) < 4.78 is 6.32. The van der Waals surface area contributed by atoms with Gasteiger partial charge in [0.2, 0.25) is 0 Å². The molecule has 152 valence electrons. The fourth-order valence-corrected chi connectivity index (χ4v) is 3.54. The Morgan fingerprint density at radius 2 is 1.86 bits per heavy atom. The summed E-state index contributed by atoms with van der Waals surface area (Å²) in [7, 11) is 3.49. The van der Waals surface area contributed by atoms with E-state index >= 15 is 0 Å². The number of methoxy groups -OCH3 is 1. The second kappa shape index (κ2) is 11.5. The lowest BCUT2D eigenvalue weighted by molar-refractivity contribution is 0.414. The number of rotatable bonds is 6. The largest absolute Gasteiger partial charge is 0.497 e.